The number of aliphatic carboxylic acids is 1. The van der Waals surface area contributed by atoms with Crippen molar-refractivity contribution in [2.45, 2.75) is 32.7 Å². The molecule has 7 nitrogen and oxygen atoms in total. The van der Waals surface area contributed by atoms with Crippen molar-refractivity contribution in [1.29, 1.82) is 0 Å². The Labute approximate surface area is 118 Å². The van der Waals surface area contributed by atoms with Crippen LogP contribution >= 0.6 is 0 Å². The molecule has 20 heavy (non-hydrogen) atoms. The van der Waals surface area contributed by atoms with Gasteiger partial charge in [0.25, 0.3) is 0 Å². The van der Waals surface area contributed by atoms with Crippen LogP contribution < -0.4 is 5.32 Å². The number of aliphatic hydroxyl groups excluding tert-OH is 1. The molecule has 116 valence electrons. The zero-order valence-electron chi connectivity index (χ0n) is 12.1. The molecule has 1 saturated heterocycles. The molecule has 3 N–H and O–H groups in total. The summed E-state index contributed by atoms with van der Waals surface area (Å²) in [5.41, 5.74) is -0.934. The number of nitrogens with zero attached hydrogens (tertiary/aromatic N) is 1. The summed E-state index contributed by atoms with van der Waals surface area (Å²) in [6.45, 7) is 4.65. The Kier molecular flexibility index (Phi) is 6.22. The minimum Gasteiger partial charge on any atom is -0.481 e. The summed E-state index contributed by atoms with van der Waals surface area (Å²) in [5.74, 6) is -0.900. The van der Waals surface area contributed by atoms with E-state index in [1.165, 1.54) is 4.90 Å². The van der Waals surface area contributed by atoms with Gasteiger partial charge in [-0.15, -0.1) is 0 Å². The summed E-state index contributed by atoms with van der Waals surface area (Å²) in [4.78, 5) is 25.0. The zero-order chi connectivity index (χ0) is 15.2. The molecule has 1 aliphatic rings. The highest BCUT2D eigenvalue weighted by Gasteiger charge is 2.36. The maximum atomic E-state index is 12.1. The molecular formula is C13H24N2O5. The van der Waals surface area contributed by atoms with Gasteiger partial charge in [-0.2, -0.15) is 0 Å². The van der Waals surface area contributed by atoms with E-state index in [1.54, 1.807) is 13.8 Å². The molecule has 1 aliphatic heterocycles. The van der Waals surface area contributed by atoms with Gasteiger partial charge in [-0.05, 0) is 12.8 Å². The van der Waals surface area contributed by atoms with E-state index in [0.717, 1.165) is 0 Å². The van der Waals surface area contributed by atoms with E-state index < -0.39 is 11.4 Å². The predicted octanol–water partition coefficient (Wildman–Crippen LogP) is 0.280. The van der Waals surface area contributed by atoms with Gasteiger partial charge in [-0.3, -0.25) is 4.79 Å². The number of amides is 2. The number of rotatable bonds is 6. The van der Waals surface area contributed by atoms with Gasteiger partial charge in [0.1, 0.15) is 0 Å². The van der Waals surface area contributed by atoms with Crippen LogP contribution in [-0.4, -0.2) is 66.1 Å². The van der Waals surface area contributed by atoms with E-state index in [9.17, 15) is 19.8 Å². The summed E-state index contributed by atoms with van der Waals surface area (Å²) >= 11 is 0. The van der Waals surface area contributed by atoms with E-state index in [2.05, 4.69) is 5.32 Å². The first-order valence-electron chi connectivity index (χ1n) is 6.97. The Hall–Kier alpha value is -1.34. The average molecular weight is 288 g/mol. The molecule has 0 aromatic heterocycles. The summed E-state index contributed by atoms with van der Waals surface area (Å²) in [5, 5.41) is 21.2. The highest BCUT2D eigenvalue weighted by molar-refractivity contribution is 5.78. The highest BCUT2D eigenvalue weighted by Crippen LogP contribution is 2.25. The van der Waals surface area contributed by atoms with E-state index >= 15 is 0 Å². The molecule has 0 bridgehead atoms. The van der Waals surface area contributed by atoms with Crippen molar-refractivity contribution in [3.8, 4) is 0 Å². The maximum absolute atomic E-state index is 12.1. The zero-order valence-corrected chi connectivity index (χ0v) is 12.1. The van der Waals surface area contributed by atoms with Gasteiger partial charge in [0.2, 0.25) is 0 Å². The Morgan fingerprint density at radius 3 is 2.55 bits per heavy atom. The van der Waals surface area contributed by atoms with Gasteiger partial charge in [-0.1, -0.05) is 13.8 Å². The molecule has 2 amide bonds. The molecule has 7 heteroatoms. The third kappa shape index (κ3) is 3.61. The quantitative estimate of drug-likeness (QED) is 0.652. The number of urea groups is 1. The fourth-order valence-corrected chi connectivity index (χ4v) is 2.30. The van der Waals surface area contributed by atoms with Crippen molar-refractivity contribution < 1.29 is 24.5 Å². The van der Waals surface area contributed by atoms with Crippen molar-refractivity contribution >= 4 is 12.0 Å². The van der Waals surface area contributed by atoms with Gasteiger partial charge >= 0.3 is 12.0 Å². The van der Waals surface area contributed by atoms with Gasteiger partial charge in [0.15, 0.2) is 0 Å². The Bertz CT molecular complexity index is 344. The molecule has 1 fully saturated rings. The van der Waals surface area contributed by atoms with Crippen LogP contribution in [0.1, 0.15) is 26.7 Å². The van der Waals surface area contributed by atoms with Gasteiger partial charge in [0, 0.05) is 13.1 Å². The molecule has 0 radical (unpaired) electrons. The van der Waals surface area contributed by atoms with Crippen LogP contribution in [-0.2, 0) is 9.53 Å². The van der Waals surface area contributed by atoms with Gasteiger partial charge in [0.05, 0.1) is 31.3 Å². The molecule has 1 atom stereocenters. The van der Waals surface area contributed by atoms with E-state index in [4.69, 9.17) is 4.74 Å². The van der Waals surface area contributed by atoms with Crippen molar-refractivity contribution in [2.75, 3.05) is 32.9 Å². The molecule has 1 rings (SSSR count). The van der Waals surface area contributed by atoms with Crippen LogP contribution in [0.5, 0.6) is 0 Å². The normalized spacial score (nSPS) is 19.8. The second-order valence-electron chi connectivity index (χ2n) is 5.06. The second kappa shape index (κ2) is 7.44. The lowest BCUT2D eigenvalue weighted by atomic mass is 9.82. The fourth-order valence-electron chi connectivity index (χ4n) is 2.30. The average Bonchev–Trinajstić information content (AvgIpc) is 2.48. The SMILES string of the molecule is CCC(CC)(CNC(=O)N1CCOCC1CO)C(=O)O. The van der Waals surface area contributed by atoms with E-state index in [-0.39, 0.29) is 25.2 Å². The molecule has 1 unspecified atom stereocenters. The number of carboxylic acids is 1. The minimum atomic E-state index is -0.934. The third-order valence-electron chi connectivity index (χ3n) is 4.08. The van der Waals surface area contributed by atoms with Crippen LogP contribution in [0.3, 0.4) is 0 Å². The predicted molar refractivity (Wildman–Crippen MR) is 72.4 cm³/mol. The number of nitrogens with one attached hydrogen (secondary N) is 1. The maximum Gasteiger partial charge on any atom is 0.317 e. The largest absolute Gasteiger partial charge is 0.481 e. The number of hydrogen-bond donors (Lipinski definition) is 3. The van der Waals surface area contributed by atoms with E-state index in [0.29, 0.717) is 32.6 Å². The first-order valence-corrected chi connectivity index (χ1v) is 6.97. The summed E-state index contributed by atoms with van der Waals surface area (Å²) in [6.07, 6.45) is 0.900. The van der Waals surface area contributed by atoms with Crippen molar-refractivity contribution in [2.24, 2.45) is 5.41 Å². The number of carboxylic acid groups (broad SMARTS) is 1. The van der Waals surface area contributed by atoms with Crippen molar-refractivity contribution in [3.05, 3.63) is 0 Å². The lowest BCUT2D eigenvalue weighted by Crippen LogP contribution is -2.55. The Morgan fingerprint density at radius 2 is 2.05 bits per heavy atom. The second-order valence-corrected chi connectivity index (χ2v) is 5.06. The van der Waals surface area contributed by atoms with Gasteiger partial charge < -0.3 is 25.2 Å². The molecule has 1 heterocycles. The molecule has 0 spiro atoms. The number of aliphatic hydroxyl groups is 1. The third-order valence-corrected chi connectivity index (χ3v) is 4.08. The van der Waals surface area contributed by atoms with E-state index in [1.807, 2.05) is 0 Å². The summed E-state index contributed by atoms with van der Waals surface area (Å²) < 4.78 is 5.20. The summed E-state index contributed by atoms with van der Waals surface area (Å²) in [6, 6.07) is -0.717. The van der Waals surface area contributed by atoms with Crippen LogP contribution in [0.2, 0.25) is 0 Å². The van der Waals surface area contributed by atoms with Crippen LogP contribution in [0.25, 0.3) is 0 Å². The first kappa shape index (κ1) is 16.7. The standard InChI is InChI=1S/C13H24N2O5/c1-3-13(4-2,11(17)18)9-14-12(19)15-5-6-20-8-10(15)7-16/h10,16H,3-9H2,1-2H3,(H,14,19)(H,17,18). The van der Waals surface area contributed by atoms with Crippen molar-refractivity contribution in [1.82, 2.24) is 10.2 Å². The highest BCUT2D eigenvalue weighted by atomic mass is 16.5. The molecule has 0 aromatic carbocycles. The minimum absolute atomic E-state index is 0.0870. The van der Waals surface area contributed by atoms with Crippen LogP contribution in [0, 0.1) is 5.41 Å². The lowest BCUT2D eigenvalue weighted by molar-refractivity contribution is -0.149. The van der Waals surface area contributed by atoms with Gasteiger partial charge in [-0.25, -0.2) is 4.79 Å². The lowest BCUT2D eigenvalue weighted by Gasteiger charge is -2.35. The molecule has 0 aromatic rings. The number of hydrogen-bond acceptors (Lipinski definition) is 4. The Balaban J connectivity index is 2.63. The smallest absolute Gasteiger partial charge is 0.317 e. The molecule has 0 aliphatic carbocycles. The number of ether oxygens (including phenoxy) is 1. The number of morpholine rings is 1. The van der Waals surface area contributed by atoms with Crippen molar-refractivity contribution in [3.63, 3.8) is 0 Å². The first-order chi connectivity index (χ1) is 9.50. The molecule has 0 saturated carbocycles. The Morgan fingerprint density at radius 1 is 1.40 bits per heavy atom. The van der Waals surface area contributed by atoms with Crippen LogP contribution in [0.15, 0.2) is 0 Å². The number of carbonyl (C=O) groups is 2. The monoisotopic (exact) mass is 288 g/mol. The number of carbonyl (C=O) groups excluding carboxylic acids is 1. The molecular weight excluding hydrogens is 264 g/mol. The fraction of sp³-hybridized carbons (Fsp3) is 0.846. The topological polar surface area (TPSA) is 99.1 Å². The summed E-state index contributed by atoms with van der Waals surface area (Å²) in [7, 11) is 0. The van der Waals surface area contributed by atoms with Crippen LogP contribution in [0.4, 0.5) is 4.79 Å².